The second-order valence-electron chi connectivity index (χ2n) is 4.83. The minimum atomic E-state index is -0.582. The maximum Gasteiger partial charge on any atom is 0.303 e. The summed E-state index contributed by atoms with van der Waals surface area (Å²) >= 11 is 0. The molecule has 0 spiro atoms. The molecular formula is C10H19FO2. The predicted molar refractivity (Wildman–Crippen MR) is 50.2 cm³/mol. The lowest BCUT2D eigenvalue weighted by Crippen LogP contribution is -2.34. The number of hydrogen-bond donors (Lipinski definition) is 0. The van der Waals surface area contributed by atoms with E-state index in [-0.39, 0.29) is 5.97 Å². The molecule has 0 unspecified atom stereocenters. The third-order valence-corrected chi connectivity index (χ3v) is 1.69. The van der Waals surface area contributed by atoms with E-state index in [0.717, 1.165) is 0 Å². The van der Waals surface area contributed by atoms with E-state index >= 15 is 0 Å². The van der Waals surface area contributed by atoms with Crippen LogP contribution in [0.3, 0.4) is 0 Å². The summed E-state index contributed by atoms with van der Waals surface area (Å²) in [5.74, 6) is -0.320. The van der Waals surface area contributed by atoms with Gasteiger partial charge in [-0.05, 0) is 25.7 Å². The van der Waals surface area contributed by atoms with Gasteiger partial charge in [0, 0.05) is 6.92 Å². The van der Waals surface area contributed by atoms with Crippen molar-refractivity contribution < 1.29 is 13.9 Å². The van der Waals surface area contributed by atoms with E-state index in [1.54, 1.807) is 13.8 Å². The SMILES string of the molecule is CC(=O)OC(C)(C)CC(C)(C)CF. The number of carbonyl (C=O) groups excluding carboxylic acids is 1. The molecule has 2 nitrogen and oxygen atoms in total. The Kier molecular flexibility index (Phi) is 3.88. The summed E-state index contributed by atoms with van der Waals surface area (Å²) in [7, 11) is 0. The van der Waals surface area contributed by atoms with Gasteiger partial charge >= 0.3 is 5.97 Å². The Balaban J connectivity index is 4.24. The lowest BCUT2D eigenvalue weighted by atomic mass is 9.83. The van der Waals surface area contributed by atoms with Crippen LogP contribution >= 0.6 is 0 Å². The van der Waals surface area contributed by atoms with E-state index in [9.17, 15) is 9.18 Å². The molecule has 13 heavy (non-hydrogen) atoms. The van der Waals surface area contributed by atoms with Crippen LogP contribution in [-0.2, 0) is 9.53 Å². The summed E-state index contributed by atoms with van der Waals surface area (Å²) < 4.78 is 17.6. The minimum absolute atomic E-state index is 0.320. The van der Waals surface area contributed by atoms with Crippen molar-refractivity contribution in [1.82, 2.24) is 0 Å². The van der Waals surface area contributed by atoms with Crippen LogP contribution in [0.2, 0.25) is 0 Å². The molecule has 0 rings (SSSR count). The van der Waals surface area contributed by atoms with Crippen LogP contribution < -0.4 is 0 Å². The molecule has 0 N–H and O–H groups in total. The number of ether oxygens (including phenoxy) is 1. The van der Waals surface area contributed by atoms with Gasteiger partial charge in [0.05, 0.1) is 6.67 Å². The standard InChI is InChI=1S/C10H19FO2/c1-8(12)13-10(4,5)6-9(2,3)7-11/h6-7H2,1-5H3. The Bertz CT molecular complexity index is 185. The normalized spacial score (nSPS) is 12.8. The number of rotatable bonds is 4. The van der Waals surface area contributed by atoms with Crippen molar-refractivity contribution in [3.63, 3.8) is 0 Å². The average molecular weight is 190 g/mol. The number of hydrogen-bond acceptors (Lipinski definition) is 2. The van der Waals surface area contributed by atoms with Crippen LogP contribution in [0.15, 0.2) is 0 Å². The summed E-state index contributed by atoms with van der Waals surface area (Å²) in [6, 6.07) is 0. The van der Waals surface area contributed by atoms with Gasteiger partial charge in [0.2, 0.25) is 0 Å². The molecule has 0 atom stereocenters. The maximum atomic E-state index is 12.5. The van der Waals surface area contributed by atoms with E-state index < -0.39 is 17.7 Å². The zero-order valence-corrected chi connectivity index (χ0v) is 9.11. The Hall–Kier alpha value is -0.600. The fourth-order valence-corrected chi connectivity index (χ4v) is 1.62. The smallest absolute Gasteiger partial charge is 0.303 e. The molecule has 0 aromatic heterocycles. The third kappa shape index (κ3) is 5.61. The second-order valence-corrected chi connectivity index (χ2v) is 4.83. The summed E-state index contributed by atoms with van der Waals surface area (Å²) in [6.45, 7) is 8.19. The molecule has 78 valence electrons. The van der Waals surface area contributed by atoms with Gasteiger partial charge in [-0.1, -0.05) is 13.8 Å². The molecule has 0 aliphatic rings. The second kappa shape index (κ2) is 4.07. The molecule has 0 saturated carbocycles. The van der Waals surface area contributed by atoms with Crippen LogP contribution in [0.5, 0.6) is 0 Å². The third-order valence-electron chi connectivity index (χ3n) is 1.69. The molecule has 0 aromatic rings. The zero-order chi connectivity index (χ0) is 10.7. The van der Waals surface area contributed by atoms with E-state index in [0.29, 0.717) is 6.42 Å². The lowest BCUT2D eigenvalue weighted by molar-refractivity contribution is -0.156. The first kappa shape index (κ1) is 12.4. The average Bonchev–Trinajstić information content (AvgIpc) is 1.81. The molecule has 0 bridgehead atoms. The number of esters is 1. The van der Waals surface area contributed by atoms with Crippen molar-refractivity contribution in [1.29, 1.82) is 0 Å². The Morgan fingerprint density at radius 3 is 2.08 bits per heavy atom. The van der Waals surface area contributed by atoms with Crippen LogP contribution in [0.1, 0.15) is 41.0 Å². The fraction of sp³-hybridized carbons (Fsp3) is 0.900. The molecular weight excluding hydrogens is 171 g/mol. The van der Waals surface area contributed by atoms with E-state index in [4.69, 9.17) is 4.74 Å². The van der Waals surface area contributed by atoms with Gasteiger partial charge in [-0.3, -0.25) is 9.18 Å². The molecule has 0 fully saturated rings. The maximum absolute atomic E-state index is 12.5. The van der Waals surface area contributed by atoms with Gasteiger partial charge < -0.3 is 4.74 Å². The highest BCUT2D eigenvalue weighted by Gasteiger charge is 2.31. The molecule has 0 amide bonds. The van der Waals surface area contributed by atoms with Crippen LogP contribution in [0, 0.1) is 5.41 Å². The van der Waals surface area contributed by atoms with Gasteiger partial charge in [-0.25, -0.2) is 0 Å². The molecule has 0 aliphatic heterocycles. The van der Waals surface area contributed by atoms with Crippen molar-refractivity contribution in [2.45, 2.75) is 46.6 Å². The van der Waals surface area contributed by atoms with Gasteiger partial charge in [0.1, 0.15) is 5.60 Å². The highest BCUT2D eigenvalue weighted by molar-refractivity contribution is 5.66. The van der Waals surface area contributed by atoms with E-state index in [2.05, 4.69) is 0 Å². The minimum Gasteiger partial charge on any atom is -0.460 e. The summed E-state index contributed by atoms with van der Waals surface area (Å²) in [5, 5.41) is 0. The van der Waals surface area contributed by atoms with Gasteiger partial charge in [0.15, 0.2) is 0 Å². The van der Waals surface area contributed by atoms with Crippen molar-refractivity contribution in [2.75, 3.05) is 6.67 Å². The summed E-state index contributed by atoms with van der Waals surface area (Å²) in [6.07, 6.45) is 0.524. The van der Waals surface area contributed by atoms with Crippen LogP contribution in [0.25, 0.3) is 0 Å². The van der Waals surface area contributed by atoms with Crippen LogP contribution in [-0.4, -0.2) is 18.2 Å². The van der Waals surface area contributed by atoms with E-state index in [1.807, 2.05) is 13.8 Å². The van der Waals surface area contributed by atoms with Crippen molar-refractivity contribution in [3.8, 4) is 0 Å². The first-order chi connectivity index (χ1) is 5.68. The van der Waals surface area contributed by atoms with Gasteiger partial charge in [-0.15, -0.1) is 0 Å². The molecule has 0 radical (unpaired) electrons. The molecule has 0 aliphatic carbocycles. The highest BCUT2D eigenvalue weighted by atomic mass is 19.1. The van der Waals surface area contributed by atoms with Crippen LogP contribution in [0.4, 0.5) is 4.39 Å². The molecule has 0 heterocycles. The predicted octanol–water partition coefficient (Wildman–Crippen LogP) is 2.71. The Morgan fingerprint density at radius 2 is 1.77 bits per heavy atom. The topological polar surface area (TPSA) is 26.3 Å². The fourth-order valence-electron chi connectivity index (χ4n) is 1.62. The number of alkyl halides is 1. The number of halogens is 1. The van der Waals surface area contributed by atoms with Gasteiger partial charge in [-0.2, -0.15) is 0 Å². The first-order valence-electron chi connectivity index (χ1n) is 4.44. The quantitative estimate of drug-likeness (QED) is 0.637. The van der Waals surface area contributed by atoms with Crippen molar-refractivity contribution in [2.24, 2.45) is 5.41 Å². The Labute approximate surface area is 79.5 Å². The zero-order valence-electron chi connectivity index (χ0n) is 9.11. The molecule has 0 aromatic carbocycles. The van der Waals surface area contributed by atoms with E-state index in [1.165, 1.54) is 6.92 Å². The first-order valence-corrected chi connectivity index (χ1v) is 4.44. The molecule has 3 heteroatoms. The number of carbonyl (C=O) groups is 1. The molecule has 0 saturated heterocycles. The highest BCUT2D eigenvalue weighted by Crippen LogP contribution is 2.30. The summed E-state index contributed by atoms with van der Waals surface area (Å²) in [5.41, 5.74) is -1.01. The lowest BCUT2D eigenvalue weighted by Gasteiger charge is -2.32. The Morgan fingerprint density at radius 1 is 1.31 bits per heavy atom. The monoisotopic (exact) mass is 190 g/mol. The largest absolute Gasteiger partial charge is 0.460 e. The van der Waals surface area contributed by atoms with Crippen molar-refractivity contribution >= 4 is 5.97 Å². The van der Waals surface area contributed by atoms with Gasteiger partial charge in [0.25, 0.3) is 0 Å². The summed E-state index contributed by atoms with van der Waals surface area (Å²) in [4.78, 5) is 10.7. The van der Waals surface area contributed by atoms with Crippen molar-refractivity contribution in [3.05, 3.63) is 0 Å².